The van der Waals surface area contributed by atoms with Crippen LogP contribution in [0.1, 0.15) is 31.2 Å². The van der Waals surface area contributed by atoms with Crippen molar-refractivity contribution in [3.8, 4) is 0 Å². The second-order valence-corrected chi connectivity index (χ2v) is 6.40. The third-order valence-corrected chi connectivity index (χ3v) is 5.43. The summed E-state index contributed by atoms with van der Waals surface area (Å²) in [5, 5.41) is 0. The van der Waals surface area contributed by atoms with E-state index in [4.69, 9.17) is 23.2 Å². The van der Waals surface area contributed by atoms with Crippen LogP contribution < -0.4 is 0 Å². The zero-order valence-electron chi connectivity index (χ0n) is 9.46. The number of rotatable bonds is 1. The molecular weight excluding hydrogens is 255 g/mol. The van der Waals surface area contributed by atoms with Gasteiger partial charge in [0, 0.05) is 11.3 Å². The van der Waals surface area contributed by atoms with Gasteiger partial charge in [-0.15, -0.1) is 0 Å². The molecule has 0 heterocycles. The maximum absolute atomic E-state index is 12.0. The summed E-state index contributed by atoms with van der Waals surface area (Å²) >= 11 is 12.7. The molecular formula is C14H14Cl2O. The Morgan fingerprint density at radius 3 is 2.53 bits per heavy atom. The Balaban J connectivity index is 2.12. The summed E-state index contributed by atoms with van der Waals surface area (Å²) in [6.07, 6.45) is 4.05. The molecule has 0 aromatic heterocycles. The smallest absolute Gasteiger partial charge is 0.186 e. The van der Waals surface area contributed by atoms with E-state index in [2.05, 4.69) is 0 Å². The highest BCUT2D eigenvalue weighted by Gasteiger charge is 2.71. The van der Waals surface area contributed by atoms with Crippen molar-refractivity contribution in [1.82, 2.24) is 0 Å². The third kappa shape index (κ3) is 1.30. The molecule has 90 valence electrons. The maximum atomic E-state index is 12.0. The molecule has 1 aromatic rings. The molecule has 0 amide bonds. The fourth-order valence-electron chi connectivity index (χ4n) is 3.53. The Morgan fingerprint density at radius 2 is 1.82 bits per heavy atom. The van der Waals surface area contributed by atoms with Crippen molar-refractivity contribution < 1.29 is 4.79 Å². The highest BCUT2D eigenvalue weighted by atomic mass is 35.5. The van der Waals surface area contributed by atoms with E-state index >= 15 is 0 Å². The number of fused-ring (bicyclic) bond motifs is 1. The van der Waals surface area contributed by atoms with Crippen LogP contribution in [0.4, 0.5) is 0 Å². The van der Waals surface area contributed by atoms with Gasteiger partial charge >= 0.3 is 0 Å². The zero-order valence-corrected chi connectivity index (χ0v) is 11.0. The highest BCUT2D eigenvalue weighted by molar-refractivity contribution is 6.62. The molecule has 2 saturated carbocycles. The van der Waals surface area contributed by atoms with E-state index in [1.807, 2.05) is 30.3 Å². The van der Waals surface area contributed by atoms with Crippen LogP contribution in [0.5, 0.6) is 0 Å². The average Bonchev–Trinajstić information content (AvgIpc) is 2.38. The number of hydrogen-bond acceptors (Lipinski definition) is 1. The highest BCUT2D eigenvalue weighted by Crippen LogP contribution is 2.64. The number of halogens is 2. The van der Waals surface area contributed by atoms with Crippen molar-refractivity contribution in [2.45, 2.75) is 35.4 Å². The Hall–Kier alpha value is -0.530. The lowest BCUT2D eigenvalue weighted by Crippen LogP contribution is -2.69. The molecule has 0 saturated heterocycles. The third-order valence-electron chi connectivity index (χ3n) is 4.38. The summed E-state index contributed by atoms with van der Waals surface area (Å²) in [5.41, 5.74) is 0.779. The van der Waals surface area contributed by atoms with Crippen molar-refractivity contribution >= 4 is 29.0 Å². The Morgan fingerprint density at radius 1 is 1.12 bits per heavy atom. The van der Waals surface area contributed by atoms with Gasteiger partial charge in [-0.2, -0.15) is 0 Å². The molecule has 2 unspecified atom stereocenters. The number of carbonyl (C=O) groups is 1. The number of alkyl halides is 2. The second kappa shape index (κ2) is 3.73. The summed E-state index contributed by atoms with van der Waals surface area (Å²) in [6, 6.07) is 10.0. The standard InChI is InChI=1S/C14H14Cl2O/c15-14(16)12(17)11-8-4-5-9-13(11,14)10-6-2-1-3-7-10/h1-3,6-7,11H,4-5,8-9H2. The van der Waals surface area contributed by atoms with Gasteiger partial charge in [-0.1, -0.05) is 66.4 Å². The van der Waals surface area contributed by atoms with Crippen LogP contribution in [-0.2, 0) is 10.2 Å². The van der Waals surface area contributed by atoms with Crippen LogP contribution in [0.25, 0.3) is 0 Å². The Kier molecular flexibility index (Phi) is 2.53. The van der Waals surface area contributed by atoms with E-state index in [-0.39, 0.29) is 17.1 Å². The fourth-order valence-corrected chi connectivity index (χ4v) is 4.46. The SMILES string of the molecule is O=C1C2CCCCC2(c2ccccc2)C1(Cl)Cl. The number of hydrogen-bond donors (Lipinski definition) is 0. The van der Waals surface area contributed by atoms with Gasteiger partial charge in [-0.25, -0.2) is 0 Å². The number of carbonyl (C=O) groups excluding carboxylic acids is 1. The zero-order chi connectivity index (χ0) is 12.1. The molecule has 1 aromatic carbocycles. The molecule has 0 spiro atoms. The topological polar surface area (TPSA) is 17.1 Å². The first-order chi connectivity index (χ1) is 8.11. The van der Waals surface area contributed by atoms with Crippen LogP contribution in [0.3, 0.4) is 0 Å². The minimum atomic E-state index is -1.22. The van der Waals surface area contributed by atoms with Crippen LogP contribution in [0.2, 0.25) is 0 Å². The lowest BCUT2D eigenvalue weighted by atomic mass is 9.49. The molecule has 2 aliphatic rings. The normalized spacial score (nSPS) is 34.9. The van der Waals surface area contributed by atoms with Crippen molar-refractivity contribution in [2.24, 2.45) is 5.92 Å². The first-order valence-electron chi connectivity index (χ1n) is 6.08. The van der Waals surface area contributed by atoms with Crippen LogP contribution >= 0.6 is 23.2 Å². The first kappa shape index (κ1) is 11.6. The molecule has 2 atom stereocenters. The van der Waals surface area contributed by atoms with Gasteiger partial charge in [0.05, 0.1) is 0 Å². The van der Waals surface area contributed by atoms with Gasteiger partial charge in [-0.3, -0.25) is 4.79 Å². The van der Waals surface area contributed by atoms with Gasteiger partial charge in [0.2, 0.25) is 0 Å². The minimum absolute atomic E-state index is 0.0180. The summed E-state index contributed by atoms with van der Waals surface area (Å²) in [6.45, 7) is 0. The largest absolute Gasteiger partial charge is 0.296 e. The molecule has 3 rings (SSSR count). The number of ketones is 1. The summed E-state index contributed by atoms with van der Waals surface area (Å²) in [4.78, 5) is 12.0. The molecule has 0 N–H and O–H groups in total. The van der Waals surface area contributed by atoms with E-state index in [1.165, 1.54) is 0 Å². The van der Waals surface area contributed by atoms with Crippen molar-refractivity contribution in [2.75, 3.05) is 0 Å². The number of Topliss-reactive ketones (excluding diaryl/α,β-unsaturated/α-hetero) is 1. The van der Waals surface area contributed by atoms with Gasteiger partial charge in [-0.05, 0) is 18.4 Å². The van der Waals surface area contributed by atoms with Crippen LogP contribution in [0, 0.1) is 5.92 Å². The summed E-state index contributed by atoms with van der Waals surface area (Å²) < 4.78 is -1.22. The lowest BCUT2D eigenvalue weighted by molar-refractivity contribution is -0.141. The van der Waals surface area contributed by atoms with Gasteiger partial charge in [0.25, 0.3) is 0 Å². The molecule has 0 bridgehead atoms. The first-order valence-corrected chi connectivity index (χ1v) is 6.84. The minimum Gasteiger partial charge on any atom is -0.296 e. The number of benzene rings is 1. The van der Waals surface area contributed by atoms with Crippen molar-refractivity contribution in [3.63, 3.8) is 0 Å². The van der Waals surface area contributed by atoms with E-state index in [0.717, 1.165) is 31.2 Å². The predicted molar refractivity (Wildman–Crippen MR) is 69.5 cm³/mol. The Bertz CT molecular complexity index is 455. The average molecular weight is 269 g/mol. The molecule has 2 fully saturated rings. The van der Waals surface area contributed by atoms with Gasteiger partial charge < -0.3 is 0 Å². The molecule has 17 heavy (non-hydrogen) atoms. The molecule has 0 aliphatic heterocycles. The van der Waals surface area contributed by atoms with E-state index in [9.17, 15) is 4.79 Å². The van der Waals surface area contributed by atoms with E-state index < -0.39 is 4.33 Å². The van der Waals surface area contributed by atoms with E-state index in [1.54, 1.807) is 0 Å². The summed E-state index contributed by atoms with van der Waals surface area (Å²) in [5.74, 6) is 0.0398. The second-order valence-electron chi connectivity index (χ2n) is 5.07. The van der Waals surface area contributed by atoms with Crippen molar-refractivity contribution in [1.29, 1.82) is 0 Å². The monoisotopic (exact) mass is 268 g/mol. The van der Waals surface area contributed by atoms with Gasteiger partial charge in [0.1, 0.15) is 0 Å². The van der Waals surface area contributed by atoms with Crippen molar-refractivity contribution in [3.05, 3.63) is 35.9 Å². The predicted octanol–water partition coefficient (Wildman–Crippen LogP) is 3.87. The fraction of sp³-hybridized carbons (Fsp3) is 0.500. The van der Waals surface area contributed by atoms with Gasteiger partial charge in [0.15, 0.2) is 10.1 Å². The quantitative estimate of drug-likeness (QED) is 0.707. The van der Waals surface area contributed by atoms with Crippen LogP contribution in [0.15, 0.2) is 30.3 Å². The molecule has 1 nitrogen and oxygen atoms in total. The maximum Gasteiger partial charge on any atom is 0.186 e. The van der Waals surface area contributed by atoms with E-state index in [0.29, 0.717) is 0 Å². The molecule has 3 heteroatoms. The molecule has 2 aliphatic carbocycles. The summed E-state index contributed by atoms with van der Waals surface area (Å²) in [7, 11) is 0. The van der Waals surface area contributed by atoms with Crippen LogP contribution in [-0.4, -0.2) is 10.1 Å². The molecule has 0 radical (unpaired) electrons. The lowest BCUT2D eigenvalue weighted by Gasteiger charge is -2.59. The Labute approximate surface area is 111 Å².